The molecule has 2 rings (SSSR count). The molecule has 0 spiro atoms. The summed E-state index contributed by atoms with van der Waals surface area (Å²) in [5, 5.41) is 9.02. The van der Waals surface area contributed by atoms with Crippen LogP contribution in [-0.4, -0.2) is 18.7 Å². The third kappa shape index (κ3) is 1.89. The van der Waals surface area contributed by atoms with Crippen molar-refractivity contribution in [3.05, 3.63) is 28.7 Å². The van der Waals surface area contributed by atoms with Crippen molar-refractivity contribution in [1.29, 1.82) is 5.26 Å². The Hall–Kier alpha value is -1.54. The number of benzene rings is 1. The Kier molecular flexibility index (Phi) is 3.11. The molecule has 1 atom stereocenters. The fourth-order valence-corrected chi connectivity index (χ4v) is 2.10. The van der Waals surface area contributed by atoms with Gasteiger partial charge >= 0.3 is 6.09 Å². The lowest BCUT2D eigenvalue weighted by molar-refractivity contribution is 0.134. The van der Waals surface area contributed by atoms with Crippen LogP contribution in [0.5, 0.6) is 0 Å². The topological polar surface area (TPSA) is 53.3 Å². The molecule has 1 aliphatic heterocycles. The number of carbonyl (C=O) groups excluding carboxylic acids is 1. The highest BCUT2D eigenvalue weighted by Gasteiger charge is 2.31. The Labute approximate surface area is 102 Å². The molecule has 1 aromatic carbocycles. The molecule has 1 fully saturated rings. The second-order valence-corrected chi connectivity index (χ2v) is 4.22. The molecule has 1 aromatic rings. The summed E-state index contributed by atoms with van der Waals surface area (Å²) in [7, 11) is 0. The van der Waals surface area contributed by atoms with E-state index in [0.717, 1.165) is 4.47 Å². The first-order chi connectivity index (χ1) is 7.74. The van der Waals surface area contributed by atoms with E-state index in [1.54, 1.807) is 6.07 Å². The van der Waals surface area contributed by atoms with Gasteiger partial charge in [0.2, 0.25) is 0 Å². The van der Waals surface area contributed by atoms with E-state index in [-0.39, 0.29) is 0 Å². The van der Waals surface area contributed by atoms with Gasteiger partial charge in [-0.05, 0) is 28.1 Å². The number of carbonyl (C=O) groups is 1. The van der Waals surface area contributed by atoms with Crippen LogP contribution in [0, 0.1) is 11.3 Å². The standard InChI is InChI=1S/C11H9BrN2O2/c12-9-3-1-2-4-10(9)14-8(7-13)5-6-16-11(14)15/h1-4,8H,5-6H2. The van der Waals surface area contributed by atoms with Crippen LogP contribution < -0.4 is 4.90 Å². The Morgan fingerprint density at radius 1 is 1.50 bits per heavy atom. The van der Waals surface area contributed by atoms with Gasteiger partial charge in [0.15, 0.2) is 0 Å². The zero-order valence-electron chi connectivity index (χ0n) is 8.39. The minimum atomic E-state index is -0.468. The number of anilines is 1. The van der Waals surface area contributed by atoms with E-state index in [4.69, 9.17) is 10.00 Å². The van der Waals surface area contributed by atoms with E-state index < -0.39 is 12.1 Å². The molecule has 0 aromatic heterocycles. The van der Waals surface area contributed by atoms with Gasteiger partial charge in [0.25, 0.3) is 0 Å². The number of nitriles is 1. The molecule has 16 heavy (non-hydrogen) atoms. The van der Waals surface area contributed by atoms with E-state index in [0.29, 0.717) is 18.7 Å². The fourth-order valence-electron chi connectivity index (χ4n) is 1.62. The van der Waals surface area contributed by atoms with E-state index in [1.807, 2.05) is 18.2 Å². The lowest BCUT2D eigenvalue weighted by atomic mass is 10.1. The summed E-state index contributed by atoms with van der Waals surface area (Å²) in [5.74, 6) is 0. The summed E-state index contributed by atoms with van der Waals surface area (Å²) in [6, 6.07) is 8.93. The zero-order valence-corrected chi connectivity index (χ0v) is 9.98. The van der Waals surface area contributed by atoms with Crippen LogP contribution in [0.25, 0.3) is 0 Å². The lowest BCUT2D eigenvalue weighted by Gasteiger charge is -2.31. The molecule has 4 nitrogen and oxygen atoms in total. The Morgan fingerprint density at radius 3 is 2.94 bits per heavy atom. The van der Waals surface area contributed by atoms with Gasteiger partial charge in [-0.25, -0.2) is 4.79 Å². The van der Waals surface area contributed by atoms with Gasteiger partial charge < -0.3 is 4.74 Å². The Morgan fingerprint density at radius 2 is 2.25 bits per heavy atom. The van der Waals surface area contributed by atoms with Crippen molar-refractivity contribution in [2.24, 2.45) is 0 Å². The summed E-state index contributed by atoms with van der Waals surface area (Å²) in [6.45, 7) is 0.304. The maximum Gasteiger partial charge on any atom is 0.415 e. The largest absolute Gasteiger partial charge is 0.449 e. The highest BCUT2D eigenvalue weighted by atomic mass is 79.9. The monoisotopic (exact) mass is 280 g/mol. The van der Waals surface area contributed by atoms with Crippen molar-refractivity contribution in [3.8, 4) is 6.07 Å². The number of nitrogens with zero attached hydrogens (tertiary/aromatic N) is 2. The summed E-state index contributed by atoms with van der Waals surface area (Å²) in [4.78, 5) is 13.0. The fraction of sp³-hybridized carbons (Fsp3) is 0.273. The SMILES string of the molecule is N#CC1CCOC(=O)N1c1ccccc1Br. The maximum absolute atomic E-state index is 11.6. The number of hydrogen-bond acceptors (Lipinski definition) is 3. The number of ether oxygens (including phenoxy) is 1. The van der Waals surface area contributed by atoms with Crippen LogP contribution in [0.2, 0.25) is 0 Å². The minimum absolute atomic E-state index is 0.304. The van der Waals surface area contributed by atoms with Crippen molar-refractivity contribution in [2.45, 2.75) is 12.5 Å². The van der Waals surface area contributed by atoms with Gasteiger partial charge in [-0.2, -0.15) is 5.26 Å². The summed E-state index contributed by atoms with van der Waals surface area (Å²) in [5.41, 5.74) is 0.666. The van der Waals surface area contributed by atoms with Crippen molar-refractivity contribution in [3.63, 3.8) is 0 Å². The molecule has 1 unspecified atom stereocenters. The number of cyclic esters (lactones) is 1. The lowest BCUT2D eigenvalue weighted by Crippen LogP contribution is -2.45. The van der Waals surface area contributed by atoms with E-state index in [1.165, 1.54) is 4.90 Å². The van der Waals surface area contributed by atoms with Crippen molar-refractivity contribution >= 4 is 27.7 Å². The third-order valence-electron chi connectivity index (χ3n) is 2.39. The van der Waals surface area contributed by atoms with E-state index in [2.05, 4.69) is 22.0 Å². The van der Waals surface area contributed by atoms with E-state index in [9.17, 15) is 4.79 Å². The number of rotatable bonds is 1. The first-order valence-electron chi connectivity index (χ1n) is 4.84. The Balaban J connectivity index is 2.40. The maximum atomic E-state index is 11.6. The summed E-state index contributed by atoms with van der Waals surface area (Å²) >= 11 is 3.36. The van der Waals surface area contributed by atoms with Crippen LogP contribution in [0.3, 0.4) is 0 Å². The molecule has 1 saturated heterocycles. The molecule has 1 amide bonds. The predicted molar refractivity (Wildman–Crippen MR) is 62.0 cm³/mol. The van der Waals surface area contributed by atoms with Crippen molar-refractivity contribution in [2.75, 3.05) is 11.5 Å². The Bertz CT molecular complexity index is 456. The van der Waals surface area contributed by atoms with Gasteiger partial charge in [0.05, 0.1) is 18.4 Å². The molecule has 0 saturated carbocycles. The average molecular weight is 281 g/mol. The van der Waals surface area contributed by atoms with Gasteiger partial charge in [-0.1, -0.05) is 12.1 Å². The predicted octanol–water partition coefficient (Wildman–Crippen LogP) is 2.69. The number of halogens is 1. The second-order valence-electron chi connectivity index (χ2n) is 3.37. The van der Waals surface area contributed by atoms with Crippen LogP contribution in [0.1, 0.15) is 6.42 Å². The summed E-state index contributed by atoms with van der Waals surface area (Å²) < 4.78 is 5.72. The minimum Gasteiger partial charge on any atom is -0.449 e. The van der Waals surface area contributed by atoms with Gasteiger partial charge in [0.1, 0.15) is 6.04 Å². The molecule has 0 aliphatic carbocycles. The highest BCUT2D eigenvalue weighted by molar-refractivity contribution is 9.10. The van der Waals surface area contributed by atoms with Gasteiger partial charge in [-0.3, -0.25) is 4.90 Å². The molecule has 82 valence electrons. The molecular formula is C11H9BrN2O2. The number of amides is 1. The third-order valence-corrected chi connectivity index (χ3v) is 3.06. The number of para-hydroxylation sites is 1. The first kappa shape index (κ1) is 11.0. The normalized spacial score (nSPS) is 20.1. The number of hydrogen-bond donors (Lipinski definition) is 0. The van der Waals surface area contributed by atoms with Crippen molar-refractivity contribution < 1.29 is 9.53 Å². The quantitative estimate of drug-likeness (QED) is 0.795. The first-order valence-corrected chi connectivity index (χ1v) is 5.63. The average Bonchev–Trinajstić information content (AvgIpc) is 2.30. The molecule has 0 radical (unpaired) electrons. The second kappa shape index (κ2) is 4.54. The van der Waals surface area contributed by atoms with Crippen molar-refractivity contribution in [1.82, 2.24) is 0 Å². The molecule has 0 bridgehead atoms. The molecule has 1 heterocycles. The molecular weight excluding hydrogens is 272 g/mol. The highest BCUT2D eigenvalue weighted by Crippen LogP contribution is 2.30. The van der Waals surface area contributed by atoms with Gasteiger partial charge in [0, 0.05) is 10.9 Å². The molecule has 5 heteroatoms. The molecule has 1 aliphatic rings. The van der Waals surface area contributed by atoms with Crippen LogP contribution in [0.15, 0.2) is 28.7 Å². The molecule has 0 N–H and O–H groups in total. The van der Waals surface area contributed by atoms with E-state index >= 15 is 0 Å². The van der Waals surface area contributed by atoms with Crippen LogP contribution >= 0.6 is 15.9 Å². The zero-order chi connectivity index (χ0) is 11.5. The smallest absolute Gasteiger partial charge is 0.415 e. The van der Waals surface area contributed by atoms with Crippen LogP contribution in [0.4, 0.5) is 10.5 Å². The van der Waals surface area contributed by atoms with Crippen LogP contribution in [-0.2, 0) is 4.74 Å². The summed E-state index contributed by atoms with van der Waals surface area (Å²) in [6.07, 6.45) is 0.0635. The van der Waals surface area contributed by atoms with Gasteiger partial charge in [-0.15, -0.1) is 0 Å².